The minimum Gasteiger partial charge on any atom is -0.350 e. The summed E-state index contributed by atoms with van der Waals surface area (Å²) in [6.45, 7) is 5.46. The first-order valence-electron chi connectivity index (χ1n) is 5.36. The zero-order valence-corrected chi connectivity index (χ0v) is 11.2. The van der Waals surface area contributed by atoms with Gasteiger partial charge in [-0.3, -0.25) is 9.59 Å². The van der Waals surface area contributed by atoms with Crippen LogP contribution in [-0.4, -0.2) is 34.1 Å². The molecule has 0 unspecified atom stereocenters. The van der Waals surface area contributed by atoms with Crippen molar-refractivity contribution in [3.8, 4) is 0 Å². The van der Waals surface area contributed by atoms with E-state index in [9.17, 15) is 9.59 Å². The summed E-state index contributed by atoms with van der Waals surface area (Å²) >= 11 is 5.55. The minimum atomic E-state index is -0.469. The topological polar surface area (TPSA) is 84.0 Å². The van der Waals surface area contributed by atoms with Gasteiger partial charge >= 0.3 is 0 Å². The van der Waals surface area contributed by atoms with Gasteiger partial charge in [0, 0.05) is 5.54 Å². The highest BCUT2D eigenvalue weighted by molar-refractivity contribution is 6.29. The van der Waals surface area contributed by atoms with Crippen LogP contribution < -0.4 is 10.6 Å². The second kappa shape index (κ2) is 5.77. The molecule has 0 saturated carbocycles. The van der Waals surface area contributed by atoms with E-state index in [0.717, 1.165) is 0 Å². The standard InChI is InChI=1S/C11H15ClN4O2/c1-11(2,3)14-9(17)6-13-10(18)7-4-5-8(12)16-15-7/h4-5H,6H2,1-3H3,(H,13,18)(H,14,17). The first kappa shape index (κ1) is 14.4. The van der Waals surface area contributed by atoms with Crippen LogP contribution in [0.2, 0.25) is 5.15 Å². The molecular formula is C11H15ClN4O2. The van der Waals surface area contributed by atoms with E-state index in [1.165, 1.54) is 12.1 Å². The third-order valence-corrected chi connectivity index (χ3v) is 1.99. The zero-order chi connectivity index (χ0) is 13.8. The van der Waals surface area contributed by atoms with Crippen LogP contribution in [-0.2, 0) is 4.79 Å². The van der Waals surface area contributed by atoms with E-state index in [1.54, 1.807) is 0 Å². The normalized spacial score (nSPS) is 10.9. The van der Waals surface area contributed by atoms with Gasteiger partial charge in [0.1, 0.15) is 0 Å². The number of aromatic nitrogens is 2. The highest BCUT2D eigenvalue weighted by Crippen LogP contribution is 2.02. The first-order valence-corrected chi connectivity index (χ1v) is 5.74. The van der Waals surface area contributed by atoms with Gasteiger partial charge in [-0.15, -0.1) is 10.2 Å². The van der Waals surface area contributed by atoms with Crippen molar-refractivity contribution < 1.29 is 9.59 Å². The minimum absolute atomic E-state index is 0.111. The summed E-state index contributed by atoms with van der Waals surface area (Å²) < 4.78 is 0. The molecule has 0 spiro atoms. The second-order valence-electron chi connectivity index (χ2n) is 4.72. The van der Waals surface area contributed by atoms with Gasteiger partial charge in [0.05, 0.1) is 6.54 Å². The van der Waals surface area contributed by atoms with Crippen LogP contribution in [0.25, 0.3) is 0 Å². The summed E-state index contributed by atoms with van der Waals surface area (Å²) in [5.41, 5.74) is -0.218. The fraction of sp³-hybridized carbons (Fsp3) is 0.455. The Hall–Kier alpha value is -1.69. The summed E-state index contributed by atoms with van der Waals surface area (Å²) in [7, 11) is 0. The number of amides is 2. The molecule has 0 saturated heterocycles. The Bertz CT molecular complexity index is 439. The smallest absolute Gasteiger partial charge is 0.272 e. The number of carbonyl (C=O) groups is 2. The first-order chi connectivity index (χ1) is 8.28. The third kappa shape index (κ3) is 5.09. The molecule has 0 aliphatic carbocycles. The van der Waals surface area contributed by atoms with E-state index >= 15 is 0 Å². The molecule has 0 radical (unpaired) electrons. The average Bonchev–Trinajstić information content (AvgIpc) is 2.24. The fourth-order valence-corrected chi connectivity index (χ4v) is 1.25. The summed E-state index contributed by atoms with van der Waals surface area (Å²) in [6, 6.07) is 2.89. The largest absolute Gasteiger partial charge is 0.350 e. The van der Waals surface area contributed by atoms with Crippen LogP contribution in [0.4, 0.5) is 0 Å². The molecule has 1 aromatic heterocycles. The molecule has 6 nitrogen and oxygen atoms in total. The summed E-state index contributed by atoms with van der Waals surface area (Å²) in [5, 5.41) is 12.5. The van der Waals surface area contributed by atoms with Crippen molar-refractivity contribution in [2.24, 2.45) is 0 Å². The van der Waals surface area contributed by atoms with Gasteiger partial charge in [0.15, 0.2) is 10.8 Å². The molecule has 0 fully saturated rings. The number of carbonyl (C=O) groups excluding carboxylic acids is 2. The van der Waals surface area contributed by atoms with Gasteiger partial charge in [-0.25, -0.2) is 0 Å². The second-order valence-corrected chi connectivity index (χ2v) is 5.11. The van der Waals surface area contributed by atoms with Gasteiger partial charge in [-0.05, 0) is 32.9 Å². The van der Waals surface area contributed by atoms with E-state index in [-0.39, 0.29) is 28.8 Å². The van der Waals surface area contributed by atoms with E-state index in [4.69, 9.17) is 11.6 Å². The van der Waals surface area contributed by atoms with Crippen molar-refractivity contribution in [2.75, 3.05) is 6.54 Å². The van der Waals surface area contributed by atoms with Crippen molar-refractivity contribution in [1.29, 1.82) is 0 Å². The highest BCUT2D eigenvalue weighted by atomic mass is 35.5. The van der Waals surface area contributed by atoms with Crippen molar-refractivity contribution >= 4 is 23.4 Å². The molecule has 0 aliphatic heterocycles. The van der Waals surface area contributed by atoms with Crippen molar-refractivity contribution in [3.05, 3.63) is 23.0 Å². The van der Waals surface area contributed by atoms with Crippen LogP contribution >= 0.6 is 11.6 Å². The Labute approximate surface area is 110 Å². The molecule has 1 aromatic rings. The quantitative estimate of drug-likeness (QED) is 0.850. The Kier molecular flexibility index (Phi) is 4.61. The van der Waals surface area contributed by atoms with Crippen LogP contribution in [0.3, 0.4) is 0 Å². The Morgan fingerprint density at radius 1 is 1.28 bits per heavy atom. The lowest BCUT2D eigenvalue weighted by atomic mass is 10.1. The summed E-state index contributed by atoms with van der Waals surface area (Å²) in [6.07, 6.45) is 0. The number of nitrogens with zero attached hydrogens (tertiary/aromatic N) is 2. The molecule has 1 rings (SSSR count). The van der Waals surface area contributed by atoms with Crippen LogP contribution in [0.5, 0.6) is 0 Å². The number of halogens is 1. The lowest BCUT2D eigenvalue weighted by molar-refractivity contribution is -0.121. The highest BCUT2D eigenvalue weighted by Gasteiger charge is 2.15. The maximum atomic E-state index is 11.6. The molecule has 1 heterocycles. The van der Waals surface area contributed by atoms with E-state index in [0.29, 0.717) is 0 Å². The monoisotopic (exact) mass is 270 g/mol. The van der Waals surface area contributed by atoms with Gasteiger partial charge in [-0.2, -0.15) is 0 Å². The number of nitrogens with one attached hydrogen (secondary N) is 2. The maximum Gasteiger partial charge on any atom is 0.272 e. The number of hydrogen-bond donors (Lipinski definition) is 2. The van der Waals surface area contributed by atoms with E-state index in [1.807, 2.05) is 20.8 Å². The average molecular weight is 271 g/mol. The molecule has 0 atom stereocenters. The lowest BCUT2D eigenvalue weighted by Gasteiger charge is -2.20. The molecule has 18 heavy (non-hydrogen) atoms. The molecule has 0 aromatic carbocycles. The van der Waals surface area contributed by atoms with Gasteiger partial charge < -0.3 is 10.6 Å². The zero-order valence-electron chi connectivity index (χ0n) is 10.5. The molecule has 2 amide bonds. The van der Waals surface area contributed by atoms with Gasteiger partial charge in [0.25, 0.3) is 5.91 Å². The maximum absolute atomic E-state index is 11.6. The third-order valence-electron chi connectivity index (χ3n) is 1.79. The van der Waals surface area contributed by atoms with Crippen LogP contribution in [0, 0.1) is 0 Å². The van der Waals surface area contributed by atoms with Gasteiger partial charge in [-0.1, -0.05) is 11.6 Å². The molecule has 2 N–H and O–H groups in total. The summed E-state index contributed by atoms with van der Waals surface area (Å²) in [4.78, 5) is 23.1. The van der Waals surface area contributed by atoms with E-state index < -0.39 is 5.91 Å². The fourth-order valence-electron chi connectivity index (χ4n) is 1.15. The van der Waals surface area contributed by atoms with Gasteiger partial charge in [0.2, 0.25) is 5.91 Å². The van der Waals surface area contributed by atoms with Crippen molar-refractivity contribution in [2.45, 2.75) is 26.3 Å². The van der Waals surface area contributed by atoms with Crippen LogP contribution in [0.15, 0.2) is 12.1 Å². The van der Waals surface area contributed by atoms with Crippen molar-refractivity contribution in [1.82, 2.24) is 20.8 Å². The Morgan fingerprint density at radius 3 is 2.44 bits per heavy atom. The Balaban J connectivity index is 2.47. The number of rotatable bonds is 3. The lowest BCUT2D eigenvalue weighted by Crippen LogP contribution is -2.45. The predicted molar refractivity (Wildman–Crippen MR) is 67.3 cm³/mol. The van der Waals surface area contributed by atoms with Crippen molar-refractivity contribution in [3.63, 3.8) is 0 Å². The number of hydrogen-bond acceptors (Lipinski definition) is 4. The molecule has 0 bridgehead atoms. The van der Waals surface area contributed by atoms with Crippen LogP contribution in [0.1, 0.15) is 31.3 Å². The molecule has 7 heteroatoms. The predicted octanol–water partition coefficient (Wildman–Crippen LogP) is 0.774. The van der Waals surface area contributed by atoms with E-state index in [2.05, 4.69) is 20.8 Å². The Morgan fingerprint density at radius 2 is 1.94 bits per heavy atom. The molecular weight excluding hydrogens is 256 g/mol. The SMILES string of the molecule is CC(C)(C)NC(=O)CNC(=O)c1ccc(Cl)nn1. The summed E-state index contributed by atoms with van der Waals surface area (Å²) in [5.74, 6) is -0.735. The molecule has 98 valence electrons. The molecule has 0 aliphatic rings.